The second kappa shape index (κ2) is 10.0. The average Bonchev–Trinajstić information content (AvgIpc) is 3.01. The van der Waals surface area contributed by atoms with E-state index < -0.39 is 35.5 Å². The summed E-state index contributed by atoms with van der Waals surface area (Å²) in [6, 6.07) is 17.8. The summed E-state index contributed by atoms with van der Waals surface area (Å²) < 4.78 is 26.9. The van der Waals surface area contributed by atoms with Gasteiger partial charge in [0.1, 0.15) is 0 Å². The minimum absolute atomic E-state index is 0.149. The van der Waals surface area contributed by atoms with Gasteiger partial charge in [0.2, 0.25) is 12.1 Å². The average molecular weight is 515 g/mol. The minimum Gasteiger partial charge on any atom is -0.329 e. The van der Waals surface area contributed by atoms with Crippen molar-refractivity contribution in [3.63, 3.8) is 0 Å². The first kappa shape index (κ1) is 25.0. The van der Waals surface area contributed by atoms with E-state index >= 15 is 0 Å². The van der Waals surface area contributed by atoms with E-state index in [9.17, 15) is 23.2 Å². The van der Waals surface area contributed by atoms with Gasteiger partial charge in [0, 0.05) is 35.7 Å². The number of carbonyl (C=O) groups excluding carboxylic acids is 2. The number of fused-ring (bicyclic) bond motifs is 2. The SMILES string of the molecule is C[C@@H](Cc1ccc(F)c(F)c1)C(=O)N[C@H]1N=C(c2ccc3c(=O)[nH]ccc3c2)c2ccccc2N(C)C1=O. The standard InChI is InChI=1S/C29H24F2N4O3/c1-16(13-17-7-10-22(30)23(31)14-17)27(36)34-26-29(38)35(2)24-6-4-3-5-21(24)25(33-26)19-8-9-20-18(15-19)11-12-32-28(20)37/h3-12,14-16,26H,13H2,1-2H3,(H,32,37)(H,34,36)/t16-,26+/m0/s1. The Morgan fingerprint density at radius 3 is 2.63 bits per heavy atom. The number of nitrogens with one attached hydrogen (secondary N) is 2. The molecule has 1 aromatic heterocycles. The maximum Gasteiger partial charge on any atom is 0.272 e. The van der Waals surface area contributed by atoms with E-state index in [0.29, 0.717) is 38.9 Å². The molecule has 2 amide bonds. The number of benzene rings is 3. The van der Waals surface area contributed by atoms with E-state index in [4.69, 9.17) is 4.99 Å². The van der Waals surface area contributed by atoms with Crippen LogP contribution in [0.15, 0.2) is 82.7 Å². The fourth-order valence-corrected chi connectivity index (χ4v) is 4.58. The molecule has 0 radical (unpaired) electrons. The molecule has 0 saturated carbocycles. The minimum atomic E-state index is -1.22. The Morgan fingerprint density at radius 1 is 1.05 bits per heavy atom. The van der Waals surface area contributed by atoms with Crippen LogP contribution in [-0.4, -0.2) is 35.7 Å². The molecule has 2 N–H and O–H groups in total. The molecule has 192 valence electrons. The normalized spacial score (nSPS) is 16.0. The topological polar surface area (TPSA) is 94.6 Å². The molecule has 0 fully saturated rings. The van der Waals surface area contributed by atoms with Crippen molar-refractivity contribution in [2.75, 3.05) is 11.9 Å². The fraction of sp³-hybridized carbons (Fsp3) is 0.172. The highest BCUT2D eigenvalue weighted by molar-refractivity contribution is 6.21. The second-order valence-corrected chi connectivity index (χ2v) is 9.27. The molecule has 1 aliphatic heterocycles. The van der Waals surface area contributed by atoms with Crippen molar-refractivity contribution in [2.45, 2.75) is 19.5 Å². The van der Waals surface area contributed by atoms with Crippen LogP contribution in [0.25, 0.3) is 10.8 Å². The van der Waals surface area contributed by atoms with Crippen LogP contribution >= 0.6 is 0 Å². The molecule has 3 aromatic carbocycles. The van der Waals surface area contributed by atoms with Crippen molar-refractivity contribution in [3.8, 4) is 0 Å². The molecular formula is C29H24F2N4O3. The number of hydrogen-bond acceptors (Lipinski definition) is 4. The monoisotopic (exact) mass is 514 g/mol. The number of nitrogens with zero attached hydrogens (tertiary/aromatic N) is 2. The Hall–Kier alpha value is -4.66. The lowest BCUT2D eigenvalue weighted by Crippen LogP contribution is -2.47. The number of aromatic amines is 1. The fourth-order valence-electron chi connectivity index (χ4n) is 4.58. The summed E-state index contributed by atoms with van der Waals surface area (Å²) in [7, 11) is 1.61. The third kappa shape index (κ3) is 4.70. The van der Waals surface area contributed by atoms with Crippen LogP contribution in [0.3, 0.4) is 0 Å². The van der Waals surface area contributed by atoms with Gasteiger partial charge in [0.15, 0.2) is 11.6 Å². The number of carbonyl (C=O) groups is 2. The Kier molecular flexibility index (Phi) is 6.59. The second-order valence-electron chi connectivity index (χ2n) is 9.27. The Bertz CT molecular complexity index is 1660. The number of amides is 2. The molecule has 2 atom stereocenters. The van der Waals surface area contributed by atoms with Crippen LogP contribution in [0.1, 0.15) is 23.6 Å². The van der Waals surface area contributed by atoms with Gasteiger partial charge in [-0.25, -0.2) is 13.8 Å². The van der Waals surface area contributed by atoms with E-state index in [2.05, 4.69) is 10.3 Å². The maximum atomic E-state index is 13.6. The lowest BCUT2D eigenvalue weighted by molar-refractivity contribution is -0.129. The van der Waals surface area contributed by atoms with Gasteiger partial charge in [0.05, 0.1) is 11.4 Å². The summed E-state index contributed by atoms with van der Waals surface area (Å²) in [5.41, 5.74) is 2.71. The van der Waals surface area contributed by atoms with Crippen LogP contribution in [-0.2, 0) is 16.0 Å². The van der Waals surface area contributed by atoms with Crippen LogP contribution in [0.5, 0.6) is 0 Å². The van der Waals surface area contributed by atoms with Gasteiger partial charge in [-0.2, -0.15) is 0 Å². The first-order valence-electron chi connectivity index (χ1n) is 12.0. The zero-order chi connectivity index (χ0) is 27.0. The number of aromatic nitrogens is 1. The van der Waals surface area contributed by atoms with E-state index in [-0.39, 0.29) is 12.0 Å². The summed E-state index contributed by atoms with van der Waals surface area (Å²) in [4.78, 5) is 47.5. The highest BCUT2D eigenvalue weighted by atomic mass is 19.2. The van der Waals surface area contributed by atoms with Crippen LogP contribution in [0.4, 0.5) is 14.5 Å². The molecule has 7 nitrogen and oxygen atoms in total. The van der Waals surface area contributed by atoms with Gasteiger partial charge in [-0.1, -0.05) is 37.3 Å². The number of benzodiazepines with no additional fused rings is 1. The van der Waals surface area contributed by atoms with Gasteiger partial charge < -0.3 is 15.2 Å². The number of anilines is 1. The molecule has 5 rings (SSSR count). The van der Waals surface area contributed by atoms with Gasteiger partial charge in [0.25, 0.3) is 11.5 Å². The summed E-state index contributed by atoms with van der Waals surface area (Å²) in [6.45, 7) is 1.64. The number of aliphatic imine (C=N–C) groups is 1. The molecule has 0 spiro atoms. The summed E-state index contributed by atoms with van der Waals surface area (Å²) in [6.07, 6.45) is 0.485. The highest BCUT2D eigenvalue weighted by Crippen LogP contribution is 2.28. The molecule has 0 saturated heterocycles. The van der Waals surface area contributed by atoms with E-state index in [1.165, 1.54) is 11.0 Å². The lowest BCUT2D eigenvalue weighted by Gasteiger charge is -2.22. The summed E-state index contributed by atoms with van der Waals surface area (Å²) >= 11 is 0. The predicted octanol–water partition coefficient (Wildman–Crippen LogP) is 3.94. The van der Waals surface area contributed by atoms with Gasteiger partial charge in [-0.05, 0) is 53.8 Å². The van der Waals surface area contributed by atoms with Crippen LogP contribution in [0, 0.1) is 17.6 Å². The summed E-state index contributed by atoms with van der Waals surface area (Å²) in [5.74, 6) is -3.48. The maximum absolute atomic E-state index is 13.6. The van der Waals surface area contributed by atoms with Crippen molar-refractivity contribution >= 4 is 34.0 Å². The molecule has 38 heavy (non-hydrogen) atoms. The molecule has 0 unspecified atom stereocenters. The van der Waals surface area contributed by atoms with Crippen molar-refractivity contribution in [2.24, 2.45) is 10.9 Å². The van der Waals surface area contributed by atoms with E-state index in [1.54, 1.807) is 44.4 Å². The molecule has 2 heterocycles. The Labute approximate surface area is 216 Å². The number of likely N-dealkylation sites (N-methyl/N-ethyl adjacent to an activating group) is 1. The lowest BCUT2D eigenvalue weighted by atomic mass is 9.98. The largest absolute Gasteiger partial charge is 0.329 e. The van der Waals surface area contributed by atoms with Gasteiger partial charge >= 0.3 is 0 Å². The smallest absolute Gasteiger partial charge is 0.272 e. The summed E-state index contributed by atoms with van der Waals surface area (Å²) in [5, 5.41) is 3.95. The molecular weight excluding hydrogens is 490 g/mol. The zero-order valence-electron chi connectivity index (χ0n) is 20.7. The third-order valence-electron chi connectivity index (χ3n) is 6.64. The van der Waals surface area contributed by atoms with Crippen LogP contribution in [0.2, 0.25) is 0 Å². The first-order chi connectivity index (χ1) is 18.2. The van der Waals surface area contributed by atoms with Crippen molar-refractivity contribution in [1.82, 2.24) is 10.3 Å². The molecule has 1 aliphatic rings. The number of H-pyrrole nitrogens is 1. The van der Waals surface area contributed by atoms with E-state index in [0.717, 1.165) is 12.1 Å². The Balaban J connectivity index is 1.51. The number of pyridine rings is 1. The van der Waals surface area contributed by atoms with Crippen molar-refractivity contribution in [1.29, 1.82) is 0 Å². The third-order valence-corrected chi connectivity index (χ3v) is 6.64. The highest BCUT2D eigenvalue weighted by Gasteiger charge is 2.32. The molecule has 0 bridgehead atoms. The van der Waals surface area contributed by atoms with Gasteiger partial charge in [-0.3, -0.25) is 14.4 Å². The first-order valence-corrected chi connectivity index (χ1v) is 12.0. The van der Waals surface area contributed by atoms with Crippen LogP contribution < -0.4 is 15.8 Å². The Morgan fingerprint density at radius 2 is 1.84 bits per heavy atom. The van der Waals surface area contributed by atoms with Gasteiger partial charge in [-0.15, -0.1) is 0 Å². The number of rotatable bonds is 5. The molecule has 4 aromatic rings. The van der Waals surface area contributed by atoms with E-state index in [1.807, 2.05) is 24.3 Å². The zero-order valence-corrected chi connectivity index (χ0v) is 20.7. The number of halogens is 2. The predicted molar refractivity (Wildman–Crippen MR) is 141 cm³/mol. The quantitative estimate of drug-likeness (QED) is 0.423. The van der Waals surface area contributed by atoms with Crippen molar-refractivity contribution < 1.29 is 18.4 Å². The van der Waals surface area contributed by atoms with Crippen molar-refractivity contribution in [3.05, 3.63) is 112 Å². The molecule has 9 heteroatoms. The number of para-hydroxylation sites is 1. The molecule has 0 aliphatic carbocycles. The number of hydrogen-bond donors (Lipinski definition) is 2.